The molecule has 4 rings (SSSR count). The Labute approximate surface area is 151 Å². The van der Waals surface area contributed by atoms with Crippen LogP contribution in [0.4, 0.5) is 0 Å². The fourth-order valence-corrected chi connectivity index (χ4v) is 4.59. The van der Waals surface area contributed by atoms with Gasteiger partial charge in [0.2, 0.25) is 15.9 Å². The van der Waals surface area contributed by atoms with Gasteiger partial charge in [0.15, 0.2) is 0 Å². The molecular formula is C17H20N4O4S. The first-order valence-electron chi connectivity index (χ1n) is 8.50. The molecule has 2 N–H and O–H groups in total. The van der Waals surface area contributed by atoms with Gasteiger partial charge >= 0.3 is 0 Å². The van der Waals surface area contributed by atoms with Crippen molar-refractivity contribution in [1.82, 2.24) is 19.9 Å². The highest BCUT2D eigenvalue weighted by atomic mass is 32.2. The van der Waals surface area contributed by atoms with Crippen LogP contribution in [0.25, 0.3) is 11.6 Å². The van der Waals surface area contributed by atoms with Crippen LogP contribution in [0.15, 0.2) is 32.1 Å². The number of nitrogens with one attached hydrogen (secondary N) is 2. The Morgan fingerprint density at radius 1 is 1.31 bits per heavy atom. The molecule has 1 aliphatic rings. The summed E-state index contributed by atoms with van der Waals surface area (Å²) in [5.74, 6) is 1.81. The minimum Gasteiger partial charge on any atom is -0.468 e. The van der Waals surface area contributed by atoms with Gasteiger partial charge in [0, 0.05) is 11.6 Å². The van der Waals surface area contributed by atoms with Gasteiger partial charge in [-0.1, -0.05) is 6.42 Å². The number of aryl methyl sites for hydroxylation is 1. The van der Waals surface area contributed by atoms with Crippen LogP contribution < -0.4 is 4.72 Å². The topological polar surface area (TPSA) is 114 Å². The van der Waals surface area contributed by atoms with Crippen LogP contribution in [0.1, 0.15) is 48.1 Å². The molecule has 0 unspecified atom stereocenters. The minimum atomic E-state index is -3.72. The number of rotatable bonds is 6. The lowest BCUT2D eigenvalue weighted by Gasteiger charge is -2.20. The molecule has 3 aromatic heterocycles. The van der Waals surface area contributed by atoms with Crippen LogP contribution in [-0.2, 0) is 16.6 Å². The molecule has 0 saturated heterocycles. The summed E-state index contributed by atoms with van der Waals surface area (Å²) >= 11 is 0. The van der Waals surface area contributed by atoms with E-state index in [4.69, 9.17) is 8.83 Å². The van der Waals surface area contributed by atoms with Gasteiger partial charge in [-0.05, 0) is 44.4 Å². The van der Waals surface area contributed by atoms with Crippen LogP contribution in [0, 0.1) is 13.8 Å². The highest BCUT2D eigenvalue weighted by Gasteiger charge is 2.29. The summed E-state index contributed by atoms with van der Waals surface area (Å²) in [6.07, 6.45) is 4.79. The van der Waals surface area contributed by atoms with Gasteiger partial charge in [-0.3, -0.25) is 0 Å². The SMILES string of the molecule is Cc1[nH]c(-c2nnc(C3CCC3)o2)c(C)c1S(=O)(=O)NCc1ccco1. The Hall–Kier alpha value is -2.39. The Bertz CT molecular complexity index is 1010. The lowest BCUT2D eigenvalue weighted by molar-refractivity contribution is 0.338. The molecule has 138 valence electrons. The van der Waals surface area contributed by atoms with E-state index in [0.717, 1.165) is 12.8 Å². The summed E-state index contributed by atoms with van der Waals surface area (Å²) in [6, 6.07) is 3.43. The molecule has 26 heavy (non-hydrogen) atoms. The molecule has 3 heterocycles. The Kier molecular flexibility index (Phi) is 4.20. The summed E-state index contributed by atoms with van der Waals surface area (Å²) in [7, 11) is -3.72. The largest absolute Gasteiger partial charge is 0.468 e. The fourth-order valence-electron chi connectivity index (χ4n) is 3.16. The quantitative estimate of drug-likeness (QED) is 0.683. The smallest absolute Gasteiger partial charge is 0.264 e. The molecule has 0 spiro atoms. The van der Waals surface area contributed by atoms with Gasteiger partial charge < -0.3 is 13.8 Å². The number of nitrogens with zero attached hydrogens (tertiary/aromatic N) is 2. The third kappa shape index (κ3) is 2.97. The van der Waals surface area contributed by atoms with Crippen LogP contribution in [0.2, 0.25) is 0 Å². The summed E-state index contributed by atoms with van der Waals surface area (Å²) < 4.78 is 39.0. The van der Waals surface area contributed by atoms with Crippen LogP contribution in [-0.4, -0.2) is 23.6 Å². The zero-order chi connectivity index (χ0) is 18.3. The summed E-state index contributed by atoms with van der Waals surface area (Å²) in [5, 5.41) is 8.21. The molecule has 0 radical (unpaired) electrons. The normalized spacial score (nSPS) is 15.3. The van der Waals surface area contributed by atoms with Crippen molar-refractivity contribution in [2.75, 3.05) is 0 Å². The molecule has 0 atom stereocenters. The molecule has 0 aliphatic heterocycles. The average molecular weight is 376 g/mol. The van der Waals surface area contributed by atoms with Crippen LogP contribution in [0.3, 0.4) is 0 Å². The predicted molar refractivity (Wildman–Crippen MR) is 92.9 cm³/mol. The molecule has 1 aliphatic carbocycles. The molecule has 0 bridgehead atoms. The van der Waals surface area contributed by atoms with E-state index < -0.39 is 10.0 Å². The van der Waals surface area contributed by atoms with E-state index >= 15 is 0 Å². The van der Waals surface area contributed by atoms with E-state index in [1.807, 2.05) is 0 Å². The second-order valence-corrected chi connectivity index (χ2v) is 8.26. The first-order valence-corrected chi connectivity index (χ1v) is 9.99. The maximum Gasteiger partial charge on any atom is 0.264 e. The van der Waals surface area contributed by atoms with Gasteiger partial charge in [0.1, 0.15) is 16.3 Å². The van der Waals surface area contributed by atoms with Crippen molar-refractivity contribution in [3.63, 3.8) is 0 Å². The highest BCUT2D eigenvalue weighted by Crippen LogP contribution is 2.37. The molecule has 0 aromatic carbocycles. The molecule has 1 saturated carbocycles. The third-order valence-corrected chi connectivity index (χ3v) is 6.44. The fraction of sp³-hybridized carbons (Fsp3) is 0.412. The van der Waals surface area contributed by atoms with Crippen molar-refractivity contribution < 1.29 is 17.3 Å². The first kappa shape index (κ1) is 17.0. The second-order valence-electron chi connectivity index (χ2n) is 6.56. The highest BCUT2D eigenvalue weighted by molar-refractivity contribution is 7.89. The summed E-state index contributed by atoms with van der Waals surface area (Å²) in [4.78, 5) is 3.27. The minimum absolute atomic E-state index is 0.0844. The zero-order valence-corrected chi connectivity index (χ0v) is 15.4. The average Bonchev–Trinajstić information content (AvgIpc) is 3.25. The summed E-state index contributed by atoms with van der Waals surface area (Å²) in [5.41, 5.74) is 1.62. The van der Waals surface area contributed by atoms with E-state index in [0.29, 0.717) is 40.4 Å². The molecule has 3 aromatic rings. The second kappa shape index (κ2) is 6.40. The molecule has 1 fully saturated rings. The van der Waals surface area contributed by atoms with Gasteiger partial charge in [0.25, 0.3) is 5.89 Å². The van der Waals surface area contributed by atoms with Gasteiger partial charge in [0.05, 0.1) is 12.8 Å². The van der Waals surface area contributed by atoms with E-state index in [-0.39, 0.29) is 11.4 Å². The summed E-state index contributed by atoms with van der Waals surface area (Å²) in [6.45, 7) is 3.52. The molecule has 8 nitrogen and oxygen atoms in total. The molecular weight excluding hydrogens is 356 g/mol. The van der Waals surface area contributed by atoms with Crippen molar-refractivity contribution in [1.29, 1.82) is 0 Å². The Balaban J connectivity index is 1.62. The number of aromatic nitrogens is 3. The third-order valence-electron chi connectivity index (χ3n) is 4.76. The maximum absolute atomic E-state index is 12.7. The van der Waals surface area contributed by atoms with Crippen molar-refractivity contribution in [2.24, 2.45) is 0 Å². The van der Waals surface area contributed by atoms with Crippen molar-refractivity contribution in [2.45, 2.75) is 50.5 Å². The number of H-pyrrole nitrogens is 1. The predicted octanol–water partition coefficient (Wildman–Crippen LogP) is 3.02. The van der Waals surface area contributed by atoms with Crippen LogP contribution in [0.5, 0.6) is 0 Å². The zero-order valence-electron chi connectivity index (χ0n) is 14.6. The molecule has 0 amide bonds. The molecule has 9 heteroatoms. The van der Waals surface area contributed by atoms with E-state index in [1.54, 1.807) is 26.0 Å². The van der Waals surface area contributed by atoms with Crippen molar-refractivity contribution in [3.05, 3.63) is 41.3 Å². The first-order chi connectivity index (χ1) is 12.5. The monoisotopic (exact) mass is 376 g/mol. The number of aromatic amines is 1. The Morgan fingerprint density at radius 3 is 2.77 bits per heavy atom. The van der Waals surface area contributed by atoms with E-state index in [1.165, 1.54) is 12.7 Å². The number of hydrogen-bond donors (Lipinski definition) is 2. The number of hydrogen-bond acceptors (Lipinski definition) is 6. The maximum atomic E-state index is 12.7. The van der Waals surface area contributed by atoms with Gasteiger partial charge in [-0.15, -0.1) is 10.2 Å². The van der Waals surface area contributed by atoms with Gasteiger partial charge in [-0.2, -0.15) is 0 Å². The van der Waals surface area contributed by atoms with Crippen molar-refractivity contribution in [3.8, 4) is 11.6 Å². The van der Waals surface area contributed by atoms with E-state index in [9.17, 15) is 8.42 Å². The van der Waals surface area contributed by atoms with Crippen LogP contribution >= 0.6 is 0 Å². The number of sulfonamides is 1. The van der Waals surface area contributed by atoms with E-state index in [2.05, 4.69) is 19.9 Å². The van der Waals surface area contributed by atoms with Crippen molar-refractivity contribution >= 4 is 10.0 Å². The lowest BCUT2D eigenvalue weighted by atomic mass is 9.85. The Morgan fingerprint density at radius 2 is 2.12 bits per heavy atom. The lowest BCUT2D eigenvalue weighted by Crippen LogP contribution is -2.24. The van der Waals surface area contributed by atoms with Gasteiger partial charge in [-0.25, -0.2) is 13.1 Å². The number of furan rings is 1. The standard InChI is InChI=1S/C17H20N4O4S/c1-10-14(17-21-20-16(25-17)12-5-3-6-12)19-11(2)15(10)26(22,23)18-9-13-7-4-8-24-13/h4,7-8,12,18-19H,3,5-6,9H2,1-2H3.